The first-order valence-electron chi connectivity index (χ1n) is 11.1. The van der Waals surface area contributed by atoms with Gasteiger partial charge < -0.3 is 19.9 Å². The molecule has 1 saturated carbocycles. The van der Waals surface area contributed by atoms with E-state index in [0.717, 1.165) is 36.6 Å². The number of piperazine rings is 1. The maximum Gasteiger partial charge on any atom is 0.317 e. The largest absolute Gasteiger partial charge is 0.497 e. The summed E-state index contributed by atoms with van der Waals surface area (Å²) >= 11 is 0. The summed E-state index contributed by atoms with van der Waals surface area (Å²) in [6.07, 6.45) is 9.01. The van der Waals surface area contributed by atoms with E-state index in [9.17, 15) is 9.59 Å². The summed E-state index contributed by atoms with van der Waals surface area (Å²) in [5.74, 6) is 1.87. The fourth-order valence-electron chi connectivity index (χ4n) is 4.36. The number of hydrogen-bond acceptors (Lipinski definition) is 3. The lowest BCUT2D eigenvalue weighted by Crippen LogP contribution is -2.53. The molecule has 3 amide bonds. The molecule has 0 aromatic heterocycles. The van der Waals surface area contributed by atoms with Crippen molar-refractivity contribution in [3.8, 4) is 5.75 Å². The van der Waals surface area contributed by atoms with Crippen molar-refractivity contribution < 1.29 is 14.3 Å². The van der Waals surface area contributed by atoms with Crippen molar-refractivity contribution in [3.05, 3.63) is 29.8 Å². The summed E-state index contributed by atoms with van der Waals surface area (Å²) in [6.45, 7) is 3.23. The van der Waals surface area contributed by atoms with Crippen LogP contribution in [0.3, 0.4) is 0 Å². The summed E-state index contributed by atoms with van der Waals surface area (Å²) in [7, 11) is 1.65. The number of rotatable bonds is 8. The van der Waals surface area contributed by atoms with Crippen molar-refractivity contribution in [1.29, 1.82) is 0 Å². The van der Waals surface area contributed by atoms with Gasteiger partial charge >= 0.3 is 6.03 Å². The lowest BCUT2D eigenvalue weighted by atomic mass is 10.0. The minimum atomic E-state index is 0.0155. The van der Waals surface area contributed by atoms with Gasteiger partial charge in [0.15, 0.2) is 0 Å². The van der Waals surface area contributed by atoms with Crippen LogP contribution in [0.5, 0.6) is 5.75 Å². The van der Waals surface area contributed by atoms with E-state index in [4.69, 9.17) is 4.74 Å². The molecule has 0 spiro atoms. The number of amides is 3. The number of methoxy groups -OCH3 is 1. The van der Waals surface area contributed by atoms with Gasteiger partial charge in [-0.25, -0.2) is 4.79 Å². The smallest absolute Gasteiger partial charge is 0.317 e. The van der Waals surface area contributed by atoms with Gasteiger partial charge in [0.1, 0.15) is 5.75 Å². The third-order valence-electron chi connectivity index (χ3n) is 6.25. The summed E-state index contributed by atoms with van der Waals surface area (Å²) in [4.78, 5) is 28.5. The molecular formula is C23H35N3O3. The van der Waals surface area contributed by atoms with Crippen LogP contribution >= 0.6 is 0 Å². The Labute approximate surface area is 174 Å². The van der Waals surface area contributed by atoms with E-state index in [1.54, 1.807) is 7.11 Å². The van der Waals surface area contributed by atoms with E-state index in [2.05, 4.69) is 5.32 Å². The van der Waals surface area contributed by atoms with Crippen LogP contribution in [-0.2, 0) is 11.2 Å². The second-order valence-electron chi connectivity index (χ2n) is 8.24. The number of nitrogens with one attached hydrogen (secondary N) is 1. The molecule has 1 saturated heterocycles. The zero-order chi connectivity index (χ0) is 20.5. The Morgan fingerprint density at radius 2 is 1.69 bits per heavy atom. The molecule has 0 atom stereocenters. The summed E-state index contributed by atoms with van der Waals surface area (Å²) in [6, 6.07) is 7.86. The first-order valence-corrected chi connectivity index (χ1v) is 11.1. The van der Waals surface area contributed by atoms with Gasteiger partial charge in [-0.3, -0.25) is 4.79 Å². The quantitative estimate of drug-likeness (QED) is 0.679. The predicted molar refractivity (Wildman–Crippen MR) is 114 cm³/mol. The molecule has 0 bridgehead atoms. The first kappa shape index (κ1) is 21.5. The molecule has 1 aromatic rings. The van der Waals surface area contributed by atoms with Crippen molar-refractivity contribution in [2.75, 3.05) is 39.8 Å². The third kappa shape index (κ3) is 6.65. The number of benzene rings is 1. The normalized spacial score (nSPS) is 17.4. The average molecular weight is 402 g/mol. The van der Waals surface area contributed by atoms with Gasteiger partial charge in [0.2, 0.25) is 5.91 Å². The average Bonchev–Trinajstić information content (AvgIpc) is 3.29. The molecule has 1 N–H and O–H groups in total. The van der Waals surface area contributed by atoms with Crippen molar-refractivity contribution in [1.82, 2.24) is 15.1 Å². The highest BCUT2D eigenvalue weighted by molar-refractivity contribution is 5.78. The van der Waals surface area contributed by atoms with Gasteiger partial charge in [0.25, 0.3) is 0 Å². The Hall–Kier alpha value is -2.24. The van der Waals surface area contributed by atoms with Crippen molar-refractivity contribution in [3.63, 3.8) is 0 Å². The van der Waals surface area contributed by atoms with Gasteiger partial charge in [-0.05, 0) is 42.9 Å². The Bertz CT molecular complexity index is 648. The standard InChI is InChI=1S/C23H35N3O3/c1-29-21-11-8-20(9-12-21)10-13-22(27)25-15-17-26(18-16-25)23(28)24-14-4-7-19-5-2-3-6-19/h8-9,11-12,19H,2-7,10,13-18H2,1H3,(H,24,28). The second kappa shape index (κ2) is 11.1. The number of ether oxygens (including phenoxy) is 1. The molecule has 3 rings (SSSR count). The topological polar surface area (TPSA) is 61.9 Å². The van der Waals surface area contributed by atoms with E-state index in [0.29, 0.717) is 32.6 Å². The molecule has 6 nitrogen and oxygen atoms in total. The fourth-order valence-corrected chi connectivity index (χ4v) is 4.36. The van der Waals surface area contributed by atoms with Gasteiger partial charge in [0, 0.05) is 39.1 Å². The Balaban J connectivity index is 1.30. The highest BCUT2D eigenvalue weighted by atomic mass is 16.5. The van der Waals surface area contributed by atoms with Gasteiger partial charge in [-0.15, -0.1) is 0 Å². The summed E-state index contributed by atoms with van der Waals surface area (Å²) < 4.78 is 5.16. The third-order valence-corrected chi connectivity index (χ3v) is 6.25. The summed E-state index contributed by atoms with van der Waals surface area (Å²) in [5, 5.41) is 3.05. The number of nitrogens with zero attached hydrogens (tertiary/aromatic N) is 2. The minimum Gasteiger partial charge on any atom is -0.497 e. The fraction of sp³-hybridized carbons (Fsp3) is 0.652. The Morgan fingerprint density at radius 1 is 1.03 bits per heavy atom. The van der Waals surface area contributed by atoms with Crippen LogP contribution in [0.1, 0.15) is 50.5 Å². The SMILES string of the molecule is COc1ccc(CCC(=O)N2CCN(C(=O)NCCCC3CCCC3)CC2)cc1. The summed E-state index contributed by atoms with van der Waals surface area (Å²) in [5.41, 5.74) is 1.13. The molecule has 29 heavy (non-hydrogen) atoms. The van der Waals surface area contributed by atoms with Crippen LogP contribution in [0.15, 0.2) is 24.3 Å². The zero-order valence-corrected chi connectivity index (χ0v) is 17.7. The van der Waals surface area contributed by atoms with Crippen LogP contribution in [0.4, 0.5) is 4.79 Å². The first-order chi connectivity index (χ1) is 14.2. The zero-order valence-electron chi connectivity index (χ0n) is 17.7. The number of hydrogen-bond donors (Lipinski definition) is 1. The molecule has 6 heteroatoms. The second-order valence-corrected chi connectivity index (χ2v) is 8.24. The van der Waals surface area contributed by atoms with Gasteiger partial charge in [-0.2, -0.15) is 0 Å². The minimum absolute atomic E-state index is 0.0155. The number of carbonyl (C=O) groups is 2. The van der Waals surface area contributed by atoms with E-state index in [1.807, 2.05) is 34.1 Å². The van der Waals surface area contributed by atoms with Crippen molar-refractivity contribution >= 4 is 11.9 Å². The van der Waals surface area contributed by atoms with E-state index >= 15 is 0 Å². The monoisotopic (exact) mass is 401 g/mol. The number of carbonyl (C=O) groups excluding carboxylic acids is 2. The van der Waals surface area contributed by atoms with Gasteiger partial charge in [-0.1, -0.05) is 37.8 Å². The van der Waals surface area contributed by atoms with E-state index in [-0.39, 0.29) is 11.9 Å². The van der Waals surface area contributed by atoms with E-state index < -0.39 is 0 Å². The lowest BCUT2D eigenvalue weighted by Gasteiger charge is -2.34. The Morgan fingerprint density at radius 3 is 2.34 bits per heavy atom. The van der Waals surface area contributed by atoms with Crippen molar-refractivity contribution in [2.45, 2.75) is 51.4 Å². The molecule has 1 aliphatic carbocycles. The highest BCUT2D eigenvalue weighted by Gasteiger charge is 2.23. The van der Waals surface area contributed by atoms with Crippen LogP contribution in [0, 0.1) is 5.92 Å². The molecule has 1 aromatic carbocycles. The van der Waals surface area contributed by atoms with E-state index in [1.165, 1.54) is 32.1 Å². The highest BCUT2D eigenvalue weighted by Crippen LogP contribution is 2.28. The molecule has 0 unspecified atom stereocenters. The predicted octanol–water partition coefficient (Wildman–Crippen LogP) is 3.45. The molecule has 160 valence electrons. The number of urea groups is 1. The lowest BCUT2D eigenvalue weighted by molar-refractivity contribution is -0.132. The van der Waals surface area contributed by atoms with Crippen LogP contribution in [0.25, 0.3) is 0 Å². The molecular weight excluding hydrogens is 366 g/mol. The van der Waals surface area contributed by atoms with Crippen LogP contribution < -0.4 is 10.1 Å². The van der Waals surface area contributed by atoms with Crippen LogP contribution in [0.2, 0.25) is 0 Å². The van der Waals surface area contributed by atoms with Crippen molar-refractivity contribution in [2.24, 2.45) is 5.92 Å². The maximum atomic E-state index is 12.5. The molecule has 1 aliphatic heterocycles. The maximum absolute atomic E-state index is 12.5. The Kier molecular flexibility index (Phi) is 8.20. The number of aryl methyl sites for hydroxylation is 1. The molecule has 0 radical (unpaired) electrons. The molecule has 1 heterocycles. The molecule has 2 aliphatic rings. The molecule has 2 fully saturated rings. The van der Waals surface area contributed by atoms with Gasteiger partial charge in [0.05, 0.1) is 7.11 Å². The van der Waals surface area contributed by atoms with Crippen LogP contribution in [-0.4, -0.2) is 61.6 Å².